The summed E-state index contributed by atoms with van der Waals surface area (Å²) in [5, 5.41) is 0. The van der Waals surface area contributed by atoms with Gasteiger partial charge in [-0.25, -0.2) is 9.97 Å². The Morgan fingerprint density at radius 3 is 2.62 bits per heavy atom. The average Bonchev–Trinajstić information content (AvgIpc) is 3.49. The van der Waals surface area contributed by atoms with Crippen LogP contribution >= 0.6 is 0 Å². The number of piperidine rings is 1. The lowest BCUT2D eigenvalue weighted by Gasteiger charge is -2.33. The average molecular weight is 443 g/mol. The number of imidazole rings is 1. The summed E-state index contributed by atoms with van der Waals surface area (Å²) in [6.07, 6.45) is 2.57. The van der Waals surface area contributed by atoms with Gasteiger partial charge in [-0.1, -0.05) is 0 Å². The number of carbonyl (C=O) groups is 1. The van der Waals surface area contributed by atoms with Crippen LogP contribution in [-0.4, -0.2) is 49.0 Å². The van der Waals surface area contributed by atoms with Crippen molar-refractivity contribution in [3.8, 4) is 17.4 Å². The summed E-state index contributed by atoms with van der Waals surface area (Å²) in [5.74, 6) is 0.840. The Kier molecular flexibility index (Phi) is 4.87. The van der Waals surface area contributed by atoms with Gasteiger partial charge in [-0.3, -0.25) is 9.78 Å². The second kappa shape index (κ2) is 7.61. The number of likely N-dealkylation sites (tertiary alicyclic amines) is 1. The fraction of sp³-hybridized carbons (Fsp3) is 0.364. The molecule has 32 heavy (non-hydrogen) atoms. The Balaban J connectivity index is 1.36. The van der Waals surface area contributed by atoms with Crippen molar-refractivity contribution in [2.24, 2.45) is 13.0 Å². The van der Waals surface area contributed by atoms with Crippen LogP contribution in [0.4, 0.5) is 13.2 Å². The summed E-state index contributed by atoms with van der Waals surface area (Å²) < 4.78 is 46.0. The predicted molar refractivity (Wildman–Crippen MR) is 108 cm³/mol. The molecule has 3 aromatic heterocycles. The maximum absolute atomic E-state index is 13.5. The highest BCUT2D eigenvalue weighted by molar-refractivity contribution is 5.99. The summed E-state index contributed by atoms with van der Waals surface area (Å²) in [5.41, 5.74) is 0.142. The van der Waals surface area contributed by atoms with Gasteiger partial charge in [0.2, 0.25) is 5.88 Å². The van der Waals surface area contributed by atoms with Crippen LogP contribution in [0.2, 0.25) is 0 Å². The molecule has 3 atom stereocenters. The van der Waals surface area contributed by atoms with Crippen LogP contribution in [0, 0.1) is 5.92 Å². The first kappa shape index (κ1) is 20.5. The first-order valence-corrected chi connectivity index (χ1v) is 10.2. The fourth-order valence-electron chi connectivity index (χ4n) is 4.60. The third-order valence-corrected chi connectivity index (χ3v) is 6.09. The van der Waals surface area contributed by atoms with Crippen molar-refractivity contribution in [2.75, 3.05) is 6.54 Å². The zero-order valence-electron chi connectivity index (χ0n) is 17.2. The van der Waals surface area contributed by atoms with Gasteiger partial charge in [0.1, 0.15) is 11.8 Å². The number of hydrogen-bond acceptors (Lipinski definition) is 5. The van der Waals surface area contributed by atoms with Crippen molar-refractivity contribution in [3.63, 3.8) is 0 Å². The van der Waals surface area contributed by atoms with Crippen molar-refractivity contribution in [1.82, 2.24) is 24.4 Å². The number of ether oxygens (including phenoxy) is 1. The van der Waals surface area contributed by atoms with Crippen LogP contribution in [0.5, 0.6) is 5.88 Å². The van der Waals surface area contributed by atoms with Gasteiger partial charge in [-0.05, 0) is 37.0 Å². The van der Waals surface area contributed by atoms with E-state index in [1.165, 1.54) is 6.07 Å². The molecule has 0 spiro atoms. The van der Waals surface area contributed by atoms with E-state index in [1.54, 1.807) is 40.2 Å². The second-order valence-electron chi connectivity index (χ2n) is 8.16. The molecule has 0 N–H and O–H groups in total. The summed E-state index contributed by atoms with van der Waals surface area (Å²) >= 11 is 0. The van der Waals surface area contributed by atoms with E-state index in [0.29, 0.717) is 23.6 Å². The van der Waals surface area contributed by atoms with E-state index in [1.807, 2.05) is 7.05 Å². The van der Waals surface area contributed by atoms with Crippen molar-refractivity contribution >= 4 is 5.91 Å². The van der Waals surface area contributed by atoms with Gasteiger partial charge in [-0.15, -0.1) is 0 Å². The van der Waals surface area contributed by atoms with Gasteiger partial charge in [-0.2, -0.15) is 13.2 Å². The van der Waals surface area contributed by atoms with Crippen molar-refractivity contribution in [3.05, 3.63) is 60.2 Å². The molecule has 10 heteroatoms. The van der Waals surface area contributed by atoms with E-state index in [4.69, 9.17) is 4.74 Å². The maximum Gasteiger partial charge on any atom is 0.417 e. The van der Waals surface area contributed by atoms with E-state index < -0.39 is 11.7 Å². The topological polar surface area (TPSA) is 73.1 Å². The van der Waals surface area contributed by atoms with Crippen LogP contribution in [0.15, 0.2) is 49.1 Å². The molecule has 2 fully saturated rings. The van der Waals surface area contributed by atoms with Crippen LogP contribution in [0.1, 0.15) is 28.8 Å². The highest BCUT2D eigenvalue weighted by atomic mass is 19.4. The van der Waals surface area contributed by atoms with E-state index in [0.717, 1.165) is 25.1 Å². The highest BCUT2D eigenvalue weighted by Gasteiger charge is 2.49. The zero-order valence-corrected chi connectivity index (χ0v) is 17.2. The Bertz CT molecular complexity index is 1140. The maximum atomic E-state index is 13.5. The number of carbonyl (C=O) groups excluding carboxylic acids is 1. The van der Waals surface area contributed by atoms with Crippen molar-refractivity contribution < 1.29 is 22.7 Å². The van der Waals surface area contributed by atoms with Crippen LogP contribution < -0.4 is 4.74 Å². The number of aryl methyl sites for hydroxylation is 1. The molecule has 1 aliphatic heterocycles. The Morgan fingerprint density at radius 1 is 1.12 bits per heavy atom. The largest absolute Gasteiger partial charge is 0.472 e. The number of aromatic nitrogens is 4. The molecular formula is C22H20F3N5O2. The van der Waals surface area contributed by atoms with E-state index in [9.17, 15) is 18.0 Å². The van der Waals surface area contributed by atoms with Gasteiger partial charge in [0.25, 0.3) is 5.91 Å². The Morgan fingerprint density at radius 2 is 1.97 bits per heavy atom. The fourth-order valence-corrected chi connectivity index (χ4v) is 4.60. The molecule has 1 saturated heterocycles. The molecule has 2 aliphatic rings. The molecule has 1 aliphatic carbocycles. The number of pyridine rings is 2. The summed E-state index contributed by atoms with van der Waals surface area (Å²) in [6, 6.07) is 5.45. The summed E-state index contributed by atoms with van der Waals surface area (Å²) in [6.45, 7) is 0.610. The van der Waals surface area contributed by atoms with Gasteiger partial charge in [0, 0.05) is 44.4 Å². The molecular weight excluding hydrogens is 423 g/mol. The Labute approximate surface area is 181 Å². The van der Waals surface area contributed by atoms with Crippen LogP contribution in [-0.2, 0) is 13.2 Å². The number of halogens is 3. The van der Waals surface area contributed by atoms with Gasteiger partial charge in [0.05, 0.1) is 17.2 Å². The highest BCUT2D eigenvalue weighted by Crippen LogP contribution is 2.41. The standard InChI is InChI=1S/C22H20F3N5O2/c1-29-8-7-27-20(29)19-15(3-2-6-26-19)21(31)30-12-13-9-16(30)17(10-13)32-18-5-4-14(11-28-18)22(23,24)25/h2-8,11,13,16-17H,9-10,12H2,1H3/t13-,16+,17-/m1/s1. The lowest BCUT2D eigenvalue weighted by Crippen LogP contribution is -2.47. The SMILES string of the molecule is Cn1ccnc1-c1ncccc1C(=O)N1C[C@H]2C[C@@H](Oc3ccc(C(F)(F)F)cn3)[C@@H]1C2. The number of fused-ring (bicyclic) bond motifs is 2. The van der Waals surface area contributed by atoms with Gasteiger partial charge >= 0.3 is 6.18 Å². The minimum absolute atomic E-state index is 0.123. The normalized spacial score (nSPS) is 22.4. The molecule has 166 valence electrons. The third-order valence-electron chi connectivity index (χ3n) is 6.09. The molecule has 3 aromatic rings. The minimum Gasteiger partial charge on any atom is -0.472 e. The third kappa shape index (κ3) is 3.59. The molecule has 0 radical (unpaired) electrons. The summed E-state index contributed by atoms with van der Waals surface area (Å²) in [4.78, 5) is 27.8. The molecule has 7 nitrogen and oxygen atoms in total. The Hall–Kier alpha value is -3.43. The molecule has 0 unspecified atom stereocenters. The first-order chi connectivity index (χ1) is 15.3. The van der Waals surface area contributed by atoms with Gasteiger partial charge < -0.3 is 14.2 Å². The van der Waals surface area contributed by atoms with E-state index >= 15 is 0 Å². The van der Waals surface area contributed by atoms with Crippen LogP contribution in [0.3, 0.4) is 0 Å². The lowest BCUT2D eigenvalue weighted by atomic mass is 10.1. The number of amides is 1. The number of hydrogen-bond donors (Lipinski definition) is 0. The summed E-state index contributed by atoms with van der Waals surface area (Å²) in [7, 11) is 1.84. The van der Waals surface area contributed by atoms with Crippen LogP contribution in [0.25, 0.3) is 11.5 Å². The molecule has 2 bridgehead atoms. The monoisotopic (exact) mass is 443 g/mol. The second-order valence-corrected chi connectivity index (χ2v) is 8.16. The van der Waals surface area contributed by atoms with Crippen molar-refractivity contribution in [1.29, 1.82) is 0 Å². The first-order valence-electron chi connectivity index (χ1n) is 10.2. The quantitative estimate of drug-likeness (QED) is 0.616. The lowest BCUT2D eigenvalue weighted by molar-refractivity contribution is -0.137. The van der Waals surface area contributed by atoms with E-state index in [2.05, 4.69) is 15.0 Å². The molecule has 1 saturated carbocycles. The molecule has 0 aromatic carbocycles. The predicted octanol–water partition coefficient (Wildman–Crippen LogP) is 3.58. The molecule has 4 heterocycles. The number of nitrogens with zero attached hydrogens (tertiary/aromatic N) is 5. The van der Waals surface area contributed by atoms with Crippen molar-refractivity contribution in [2.45, 2.75) is 31.2 Å². The zero-order chi connectivity index (χ0) is 22.5. The molecule has 1 amide bonds. The number of rotatable bonds is 4. The minimum atomic E-state index is -4.45. The number of alkyl halides is 3. The smallest absolute Gasteiger partial charge is 0.417 e. The molecule has 5 rings (SSSR count). The van der Waals surface area contributed by atoms with Gasteiger partial charge in [0.15, 0.2) is 5.82 Å². The van der Waals surface area contributed by atoms with E-state index in [-0.39, 0.29) is 29.9 Å².